The van der Waals surface area contributed by atoms with E-state index in [9.17, 15) is 4.79 Å². The van der Waals surface area contributed by atoms with Gasteiger partial charge in [0.25, 0.3) is 0 Å². The molecule has 0 saturated carbocycles. The quantitative estimate of drug-likeness (QED) is 0.517. The van der Waals surface area contributed by atoms with E-state index in [1.807, 2.05) is 6.92 Å². The van der Waals surface area contributed by atoms with E-state index in [4.69, 9.17) is 0 Å². The molecule has 0 atom stereocenters. The first kappa shape index (κ1) is 6.20. The molecule has 0 amide bonds. The van der Waals surface area contributed by atoms with E-state index >= 15 is 0 Å². The van der Waals surface area contributed by atoms with Crippen molar-refractivity contribution in [3.63, 3.8) is 0 Å². The van der Waals surface area contributed by atoms with Crippen LogP contribution in [-0.2, 0) is 4.79 Å². The molecule has 0 unspecified atom stereocenters. The molecule has 1 heterocycles. The zero-order chi connectivity index (χ0) is 6.69. The first-order valence-corrected chi connectivity index (χ1v) is 3.09. The van der Waals surface area contributed by atoms with E-state index in [1.54, 1.807) is 12.3 Å². The van der Waals surface area contributed by atoms with Gasteiger partial charge >= 0.3 is 0 Å². The summed E-state index contributed by atoms with van der Waals surface area (Å²) in [5, 5.41) is 0. The van der Waals surface area contributed by atoms with E-state index in [0.717, 1.165) is 6.42 Å². The van der Waals surface area contributed by atoms with Crippen molar-refractivity contribution in [2.24, 2.45) is 4.99 Å². The predicted molar refractivity (Wildman–Crippen MR) is 36.5 cm³/mol. The Balaban J connectivity index is 2.74. The summed E-state index contributed by atoms with van der Waals surface area (Å²) < 4.78 is 0. The molecule has 0 aromatic heterocycles. The summed E-state index contributed by atoms with van der Waals surface area (Å²) in [4.78, 5) is 14.8. The number of nitrogens with zero attached hydrogens (tertiary/aromatic N) is 1. The molecule has 0 saturated heterocycles. The van der Waals surface area contributed by atoms with Gasteiger partial charge in [0.05, 0.1) is 5.71 Å². The molecule has 0 N–H and O–H groups in total. The van der Waals surface area contributed by atoms with Crippen LogP contribution in [0.25, 0.3) is 0 Å². The van der Waals surface area contributed by atoms with Gasteiger partial charge in [-0.1, -0.05) is 13.0 Å². The third kappa shape index (κ3) is 1.25. The number of carbonyl (C=O) groups excluding carboxylic acids is 1. The summed E-state index contributed by atoms with van der Waals surface area (Å²) >= 11 is 0. The lowest BCUT2D eigenvalue weighted by Gasteiger charge is -2.01. The predicted octanol–water partition coefficient (Wildman–Crippen LogP) is 1.32. The highest BCUT2D eigenvalue weighted by Gasteiger charge is 2.08. The first-order valence-electron chi connectivity index (χ1n) is 3.09. The molecule has 1 aliphatic rings. The fourth-order valence-electron chi connectivity index (χ4n) is 0.781. The lowest BCUT2D eigenvalue weighted by molar-refractivity contribution is -0.112. The number of aliphatic imine (C=N–C) groups is 1. The average Bonchev–Trinajstić information content (AvgIpc) is 1.89. The zero-order valence-electron chi connectivity index (χ0n) is 5.42. The standard InChI is InChI=1S/C7H9NO/c1-2-6-7(9)4-3-5-8-6/h3,5H,2,4H2,1H3. The fraction of sp³-hybridized carbons (Fsp3) is 0.429. The van der Waals surface area contributed by atoms with Crippen molar-refractivity contribution in [2.75, 3.05) is 0 Å². The van der Waals surface area contributed by atoms with Crippen LogP contribution in [0.15, 0.2) is 17.3 Å². The van der Waals surface area contributed by atoms with Crippen LogP contribution in [0, 0.1) is 0 Å². The monoisotopic (exact) mass is 123 g/mol. The molecule has 1 aliphatic heterocycles. The molecule has 0 fully saturated rings. The van der Waals surface area contributed by atoms with Gasteiger partial charge in [-0.05, 0) is 6.42 Å². The van der Waals surface area contributed by atoms with Crippen LogP contribution >= 0.6 is 0 Å². The summed E-state index contributed by atoms with van der Waals surface area (Å²) in [7, 11) is 0. The lowest BCUT2D eigenvalue weighted by atomic mass is 10.1. The molecule has 0 spiro atoms. The fourth-order valence-corrected chi connectivity index (χ4v) is 0.781. The van der Waals surface area contributed by atoms with Crippen molar-refractivity contribution < 1.29 is 4.79 Å². The normalized spacial score (nSPS) is 17.9. The molecule has 0 aromatic rings. The van der Waals surface area contributed by atoms with Crippen molar-refractivity contribution >= 4 is 11.5 Å². The Labute approximate surface area is 54.3 Å². The lowest BCUT2D eigenvalue weighted by Crippen LogP contribution is -2.13. The van der Waals surface area contributed by atoms with E-state index in [1.165, 1.54) is 0 Å². The topological polar surface area (TPSA) is 29.4 Å². The second-order valence-electron chi connectivity index (χ2n) is 1.94. The summed E-state index contributed by atoms with van der Waals surface area (Å²) in [6, 6.07) is 0. The molecule has 2 heteroatoms. The van der Waals surface area contributed by atoms with E-state index in [2.05, 4.69) is 4.99 Å². The maximum Gasteiger partial charge on any atom is 0.180 e. The Morgan fingerprint density at radius 1 is 1.78 bits per heavy atom. The zero-order valence-corrected chi connectivity index (χ0v) is 5.42. The second-order valence-corrected chi connectivity index (χ2v) is 1.94. The third-order valence-electron chi connectivity index (χ3n) is 1.30. The SMILES string of the molecule is CCC1=NC=CCC1=O. The summed E-state index contributed by atoms with van der Waals surface area (Å²) in [6.07, 6.45) is 4.76. The van der Waals surface area contributed by atoms with Crippen molar-refractivity contribution in [1.82, 2.24) is 0 Å². The Morgan fingerprint density at radius 2 is 2.56 bits per heavy atom. The van der Waals surface area contributed by atoms with Crippen LogP contribution in [0.2, 0.25) is 0 Å². The largest absolute Gasteiger partial charge is 0.292 e. The van der Waals surface area contributed by atoms with Gasteiger partial charge in [0.15, 0.2) is 5.78 Å². The van der Waals surface area contributed by atoms with Gasteiger partial charge in [0.2, 0.25) is 0 Å². The van der Waals surface area contributed by atoms with Crippen molar-refractivity contribution in [3.8, 4) is 0 Å². The number of hydrogen-bond acceptors (Lipinski definition) is 2. The number of hydrogen-bond donors (Lipinski definition) is 0. The van der Waals surface area contributed by atoms with E-state index in [0.29, 0.717) is 12.1 Å². The van der Waals surface area contributed by atoms with Crippen molar-refractivity contribution in [2.45, 2.75) is 19.8 Å². The highest BCUT2D eigenvalue weighted by atomic mass is 16.1. The molecule has 0 aromatic carbocycles. The summed E-state index contributed by atoms with van der Waals surface area (Å²) in [6.45, 7) is 1.94. The highest BCUT2D eigenvalue weighted by Crippen LogP contribution is 2.00. The molecular weight excluding hydrogens is 114 g/mol. The van der Waals surface area contributed by atoms with Gasteiger partial charge in [-0.3, -0.25) is 9.79 Å². The number of Topliss-reactive ketones (excluding diaryl/α,β-unsaturated/α-hetero) is 1. The van der Waals surface area contributed by atoms with Gasteiger partial charge in [-0.2, -0.15) is 0 Å². The Kier molecular flexibility index (Phi) is 1.78. The summed E-state index contributed by atoms with van der Waals surface area (Å²) in [5.74, 6) is 0.167. The van der Waals surface area contributed by atoms with Crippen molar-refractivity contribution in [1.29, 1.82) is 0 Å². The number of ketones is 1. The van der Waals surface area contributed by atoms with E-state index in [-0.39, 0.29) is 5.78 Å². The molecule has 2 nitrogen and oxygen atoms in total. The van der Waals surface area contributed by atoms with Crippen molar-refractivity contribution in [3.05, 3.63) is 12.3 Å². The van der Waals surface area contributed by atoms with Crippen LogP contribution < -0.4 is 0 Å². The van der Waals surface area contributed by atoms with Crippen LogP contribution in [0.3, 0.4) is 0 Å². The minimum Gasteiger partial charge on any atom is -0.292 e. The maximum absolute atomic E-state index is 10.8. The molecule has 0 aliphatic carbocycles. The summed E-state index contributed by atoms with van der Waals surface area (Å²) in [5.41, 5.74) is 0.706. The van der Waals surface area contributed by atoms with E-state index < -0.39 is 0 Å². The molecular formula is C7H9NO. The Hall–Kier alpha value is -0.920. The van der Waals surface area contributed by atoms with Gasteiger partial charge in [-0.15, -0.1) is 0 Å². The maximum atomic E-state index is 10.8. The Bertz CT molecular complexity index is 179. The third-order valence-corrected chi connectivity index (χ3v) is 1.30. The number of allylic oxidation sites excluding steroid dienone is 1. The minimum atomic E-state index is 0.167. The van der Waals surface area contributed by atoms with Crippen LogP contribution in [0.4, 0.5) is 0 Å². The molecule has 9 heavy (non-hydrogen) atoms. The molecule has 48 valence electrons. The van der Waals surface area contributed by atoms with Crippen LogP contribution in [0.5, 0.6) is 0 Å². The molecule has 1 rings (SSSR count). The van der Waals surface area contributed by atoms with Crippen LogP contribution in [-0.4, -0.2) is 11.5 Å². The molecule has 0 radical (unpaired) electrons. The smallest absolute Gasteiger partial charge is 0.180 e. The van der Waals surface area contributed by atoms with Gasteiger partial charge in [0, 0.05) is 12.6 Å². The average molecular weight is 123 g/mol. The minimum absolute atomic E-state index is 0.167. The Morgan fingerprint density at radius 3 is 3.00 bits per heavy atom. The highest BCUT2D eigenvalue weighted by molar-refractivity contribution is 6.40. The molecule has 0 bridgehead atoms. The van der Waals surface area contributed by atoms with Gasteiger partial charge in [0.1, 0.15) is 0 Å². The number of rotatable bonds is 1. The van der Waals surface area contributed by atoms with Gasteiger partial charge in [-0.25, -0.2) is 0 Å². The second kappa shape index (κ2) is 2.58. The number of carbonyl (C=O) groups is 1. The van der Waals surface area contributed by atoms with Gasteiger partial charge < -0.3 is 0 Å². The van der Waals surface area contributed by atoms with Crippen LogP contribution in [0.1, 0.15) is 19.8 Å². The first-order chi connectivity index (χ1) is 4.34.